The van der Waals surface area contributed by atoms with Crippen molar-refractivity contribution in [3.63, 3.8) is 0 Å². The third kappa shape index (κ3) is 5.57. The lowest BCUT2D eigenvalue weighted by Gasteiger charge is -2.21. The molecule has 0 aliphatic carbocycles. The second kappa shape index (κ2) is 13.6. The van der Waals surface area contributed by atoms with Gasteiger partial charge in [-0.05, 0) is 155 Å². The van der Waals surface area contributed by atoms with Crippen LogP contribution >= 0.6 is 31.9 Å². The van der Waals surface area contributed by atoms with Crippen LogP contribution in [0, 0.1) is 0 Å². The van der Waals surface area contributed by atoms with E-state index in [0.717, 1.165) is 8.95 Å². The van der Waals surface area contributed by atoms with Crippen molar-refractivity contribution in [1.82, 2.24) is 0 Å². The fourth-order valence-corrected chi connectivity index (χ4v) is 9.48. The summed E-state index contributed by atoms with van der Waals surface area (Å²) in [7, 11) is 0. The average Bonchev–Trinajstić information content (AvgIpc) is 3.25. The molecule has 2 heteroatoms. The lowest BCUT2D eigenvalue weighted by atomic mass is 9.83. The molecule has 54 heavy (non-hydrogen) atoms. The molecule has 0 spiro atoms. The van der Waals surface area contributed by atoms with Gasteiger partial charge < -0.3 is 0 Å². The minimum atomic E-state index is 1.11. The highest BCUT2D eigenvalue weighted by molar-refractivity contribution is 9.11. The van der Waals surface area contributed by atoms with Gasteiger partial charge in [-0.1, -0.05) is 170 Å². The van der Waals surface area contributed by atoms with Gasteiger partial charge in [0, 0.05) is 8.95 Å². The number of rotatable bonds is 5. The molecule has 0 heterocycles. The molecule has 0 atom stereocenters. The first-order valence-corrected chi connectivity index (χ1v) is 19.8. The van der Waals surface area contributed by atoms with E-state index in [9.17, 15) is 0 Å². The van der Waals surface area contributed by atoms with Crippen LogP contribution in [-0.4, -0.2) is 0 Å². The zero-order valence-electron chi connectivity index (χ0n) is 29.2. The molecule has 0 amide bonds. The number of benzene rings is 10. The maximum Gasteiger partial charge on any atom is 0.0332 e. The van der Waals surface area contributed by atoms with E-state index >= 15 is 0 Å². The monoisotopic (exact) mass is 814 g/mol. The molecule has 10 aromatic rings. The lowest BCUT2D eigenvalue weighted by Crippen LogP contribution is -1.94. The largest absolute Gasteiger partial charge is 0.0622 e. The van der Waals surface area contributed by atoms with E-state index in [1.165, 1.54) is 98.7 Å². The third-order valence-corrected chi connectivity index (χ3v) is 12.5. The minimum absolute atomic E-state index is 1.11. The van der Waals surface area contributed by atoms with Crippen LogP contribution in [0.4, 0.5) is 0 Å². The summed E-state index contributed by atoms with van der Waals surface area (Å²) < 4.78 is 2.21. The maximum atomic E-state index is 4.16. The smallest absolute Gasteiger partial charge is 0.0332 e. The van der Waals surface area contributed by atoms with Crippen molar-refractivity contribution < 1.29 is 0 Å². The first kappa shape index (κ1) is 32.8. The fraction of sp³-hybridized carbons (Fsp3) is 0. The maximum absolute atomic E-state index is 4.16. The van der Waals surface area contributed by atoms with Crippen molar-refractivity contribution in [2.75, 3.05) is 0 Å². The number of hydrogen-bond acceptors (Lipinski definition) is 0. The first-order valence-electron chi connectivity index (χ1n) is 18.2. The van der Waals surface area contributed by atoms with Crippen molar-refractivity contribution >= 4 is 74.9 Å². The van der Waals surface area contributed by atoms with Crippen molar-refractivity contribution in [2.24, 2.45) is 0 Å². The molecule has 0 radical (unpaired) electrons. The van der Waals surface area contributed by atoms with Gasteiger partial charge in [-0.25, -0.2) is 0 Å². The zero-order valence-corrected chi connectivity index (χ0v) is 32.4. The molecule has 0 aliphatic heterocycles. The van der Waals surface area contributed by atoms with Crippen molar-refractivity contribution in [2.45, 2.75) is 0 Å². The van der Waals surface area contributed by atoms with Gasteiger partial charge in [-0.2, -0.15) is 0 Å². The van der Waals surface area contributed by atoms with Crippen LogP contribution in [0.1, 0.15) is 0 Å². The second-order valence-electron chi connectivity index (χ2n) is 13.9. The van der Waals surface area contributed by atoms with Gasteiger partial charge in [-0.15, -0.1) is 0 Å². The third-order valence-electron chi connectivity index (χ3n) is 10.8. The second-order valence-corrected chi connectivity index (χ2v) is 15.5. The van der Waals surface area contributed by atoms with Crippen LogP contribution < -0.4 is 0 Å². The van der Waals surface area contributed by atoms with Gasteiger partial charge in [-0.3, -0.25) is 0 Å². The molecule has 0 fully saturated rings. The quantitative estimate of drug-likeness (QED) is 0.152. The Bertz CT molecular complexity index is 2810. The van der Waals surface area contributed by atoms with Gasteiger partial charge >= 0.3 is 0 Å². The standard InChI is InChI=1S/C52H32Br2/c53-51-43-27-23-37(33-13-5-1-6-14-33)29-45(43)49(41-25-21-39(31-47(41)51)35-17-9-3-10-18-35)50-42-26-22-40(36-19-11-4-12-20-36)32-48(42)52(54)44-28-24-38(30-46(44)50)34-15-7-2-8-16-34/h1-32H. The summed E-state index contributed by atoms with van der Waals surface area (Å²) in [5, 5.41) is 9.60. The number of halogens is 2. The van der Waals surface area contributed by atoms with Gasteiger partial charge in [0.1, 0.15) is 0 Å². The van der Waals surface area contributed by atoms with Crippen molar-refractivity contribution in [1.29, 1.82) is 0 Å². The van der Waals surface area contributed by atoms with E-state index < -0.39 is 0 Å². The molecule has 10 rings (SSSR count). The molecule has 0 aromatic heterocycles. The van der Waals surface area contributed by atoms with Crippen LogP contribution in [0.5, 0.6) is 0 Å². The Balaban J connectivity index is 1.38. The van der Waals surface area contributed by atoms with Gasteiger partial charge in [0.25, 0.3) is 0 Å². The van der Waals surface area contributed by atoms with Gasteiger partial charge in [0.15, 0.2) is 0 Å². The summed E-state index contributed by atoms with van der Waals surface area (Å²) in [4.78, 5) is 0. The number of hydrogen-bond donors (Lipinski definition) is 0. The van der Waals surface area contributed by atoms with Crippen molar-refractivity contribution in [3.8, 4) is 55.6 Å². The highest BCUT2D eigenvalue weighted by Crippen LogP contribution is 2.50. The molecule has 10 aromatic carbocycles. The Morgan fingerprint density at radius 3 is 0.759 bits per heavy atom. The summed E-state index contributed by atoms with van der Waals surface area (Å²) in [6, 6.07) is 70.7. The first-order chi connectivity index (χ1) is 26.6. The Morgan fingerprint density at radius 2 is 0.463 bits per heavy atom. The predicted molar refractivity (Wildman–Crippen MR) is 239 cm³/mol. The summed E-state index contributed by atoms with van der Waals surface area (Å²) in [6.07, 6.45) is 0. The molecule has 0 unspecified atom stereocenters. The van der Waals surface area contributed by atoms with Crippen LogP contribution in [-0.2, 0) is 0 Å². The van der Waals surface area contributed by atoms with E-state index in [2.05, 4.69) is 226 Å². The fourth-order valence-electron chi connectivity index (χ4n) is 8.13. The molecule has 0 saturated heterocycles. The van der Waals surface area contributed by atoms with Gasteiger partial charge in [0.2, 0.25) is 0 Å². The Labute approximate surface area is 331 Å². The van der Waals surface area contributed by atoms with E-state index in [4.69, 9.17) is 0 Å². The highest BCUT2D eigenvalue weighted by atomic mass is 79.9. The van der Waals surface area contributed by atoms with Crippen LogP contribution in [0.3, 0.4) is 0 Å². The van der Waals surface area contributed by atoms with Gasteiger partial charge in [0.05, 0.1) is 0 Å². The minimum Gasteiger partial charge on any atom is -0.0622 e. The summed E-state index contributed by atoms with van der Waals surface area (Å²) in [6.45, 7) is 0. The molecule has 0 saturated carbocycles. The van der Waals surface area contributed by atoms with E-state index in [0.29, 0.717) is 0 Å². The SMILES string of the molecule is Brc1c2cc(-c3ccccc3)ccc2c(-c2c3ccc(-c4ccccc4)cc3c(Br)c3ccc(-c4ccccc4)cc23)c2cc(-c3ccccc3)ccc12. The average molecular weight is 817 g/mol. The Kier molecular flexibility index (Phi) is 8.24. The molecule has 0 bridgehead atoms. The number of fused-ring (bicyclic) bond motifs is 4. The zero-order chi connectivity index (χ0) is 36.2. The van der Waals surface area contributed by atoms with Crippen LogP contribution in [0.15, 0.2) is 203 Å². The Morgan fingerprint density at radius 1 is 0.204 bits per heavy atom. The molecule has 0 nitrogen and oxygen atoms in total. The van der Waals surface area contributed by atoms with Crippen LogP contribution in [0.25, 0.3) is 98.7 Å². The summed E-state index contributed by atoms with van der Waals surface area (Å²) >= 11 is 8.32. The molecule has 0 aliphatic rings. The highest BCUT2D eigenvalue weighted by Gasteiger charge is 2.22. The molecule has 0 N–H and O–H groups in total. The van der Waals surface area contributed by atoms with Crippen molar-refractivity contribution in [3.05, 3.63) is 203 Å². The molecule has 254 valence electrons. The molecular formula is C52H32Br2. The lowest BCUT2D eigenvalue weighted by molar-refractivity contribution is 1.62. The van der Waals surface area contributed by atoms with E-state index in [1.807, 2.05) is 0 Å². The topological polar surface area (TPSA) is 0 Å². The van der Waals surface area contributed by atoms with E-state index in [1.54, 1.807) is 0 Å². The molecular weight excluding hydrogens is 784 g/mol. The normalized spacial score (nSPS) is 11.5. The predicted octanol–water partition coefficient (Wildman–Crippen LogP) is 16.2. The van der Waals surface area contributed by atoms with E-state index in [-0.39, 0.29) is 0 Å². The van der Waals surface area contributed by atoms with Crippen LogP contribution in [0.2, 0.25) is 0 Å². The Hall–Kier alpha value is -5.80. The summed E-state index contributed by atoms with van der Waals surface area (Å²) in [5.74, 6) is 0. The summed E-state index contributed by atoms with van der Waals surface area (Å²) in [5.41, 5.74) is 12.0.